The molecule has 12 heterocycles. The van der Waals surface area contributed by atoms with Crippen LogP contribution < -0.4 is 52.1 Å². The maximum absolute atomic E-state index is 12.6. The van der Waals surface area contributed by atoms with Crippen molar-refractivity contribution in [1.82, 2.24) is 60.8 Å². The molecule has 3 fully saturated rings. The number of fused-ring (bicyclic) bond motifs is 3. The predicted octanol–water partition coefficient (Wildman–Crippen LogP) is 17.2. The summed E-state index contributed by atoms with van der Waals surface area (Å²) in [6.07, 6.45) is 17.5. The van der Waals surface area contributed by atoms with Gasteiger partial charge in [0.1, 0.15) is 0 Å². The summed E-state index contributed by atoms with van der Waals surface area (Å²) in [7, 11) is -1.61. The van der Waals surface area contributed by atoms with E-state index >= 15 is 0 Å². The van der Waals surface area contributed by atoms with E-state index < -0.39 is 23.9 Å². The van der Waals surface area contributed by atoms with Crippen LogP contribution in [-0.4, -0.2) is 175 Å². The van der Waals surface area contributed by atoms with Crippen LogP contribution in [0, 0.1) is 16.2 Å². The molecule has 0 radical (unpaired) electrons. The van der Waals surface area contributed by atoms with Crippen molar-refractivity contribution >= 4 is 194 Å². The number of hydrogen-bond donors (Lipinski definition) is 9. The van der Waals surface area contributed by atoms with Crippen LogP contribution in [-0.2, 0) is 23.9 Å². The summed E-state index contributed by atoms with van der Waals surface area (Å²) in [5, 5.41) is 49.5. The minimum absolute atomic E-state index is 0. The largest absolute Gasteiger partial charge is 0.488 e. The van der Waals surface area contributed by atoms with E-state index in [0.717, 1.165) is 158 Å². The molecule has 0 saturated carbocycles. The summed E-state index contributed by atoms with van der Waals surface area (Å²) in [6.45, 7) is 22.4. The third kappa shape index (κ3) is 21.5. The summed E-state index contributed by atoms with van der Waals surface area (Å²) in [6, 6.07) is 27.7. The van der Waals surface area contributed by atoms with Gasteiger partial charge in [0, 0.05) is 107 Å². The molecule has 3 aromatic carbocycles. The van der Waals surface area contributed by atoms with Gasteiger partial charge < -0.3 is 55.3 Å². The van der Waals surface area contributed by atoms with Crippen molar-refractivity contribution in [2.24, 2.45) is 16.2 Å². The number of benzene rings is 3. The molecule has 12 aromatic rings. The number of aliphatic carboxylic acids is 1. The summed E-state index contributed by atoms with van der Waals surface area (Å²) < 4.78 is 14.4. The minimum atomic E-state index is -1.61. The van der Waals surface area contributed by atoms with Gasteiger partial charge in [-0.3, -0.25) is 45.3 Å². The van der Waals surface area contributed by atoms with Crippen molar-refractivity contribution in [3.05, 3.63) is 132 Å². The van der Waals surface area contributed by atoms with Crippen LogP contribution in [0.1, 0.15) is 121 Å². The van der Waals surface area contributed by atoms with Crippen molar-refractivity contribution in [3.8, 4) is 54.7 Å². The van der Waals surface area contributed by atoms with Crippen LogP contribution in [0.15, 0.2) is 132 Å². The van der Waals surface area contributed by atoms with Gasteiger partial charge in [0.05, 0.1) is 96.9 Å². The molecule has 37 heteroatoms. The number of carbonyl (C=O) groups excluding carboxylic acids is 5. The van der Waals surface area contributed by atoms with Gasteiger partial charge in [-0.2, -0.15) is 0 Å². The van der Waals surface area contributed by atoms with E-state index in [-0.39, 0.29) is 42.9 Å². The number of urea groups is 3. The number of esters is 2. The topological polar surface area (TPSA) is 379 Å². The molecular formula is C83H98BBrN18O11S6. The maximum Gasteiger partial charge on any atom is 0.488 e. The Bertz CT molecular complexity index is 5480. The number of hydrogen-bond acceptors (Lipinski definition) is 28. The second kappa shape index (κ2) is 41.8. The third-order valence-corrected chi connectivity index (χ3v) is 28.0. The lowest BCUT2D eigenvalue weighted by Crippen LogP contribution is -2.45. The number of piperidine rings is 3. The summed E-state index contributed by atoms with van der Waals surface area (Å²) in [5.74, 6) is -0.807. The quantitative estimate of drug-likeness (QED) is 0.0212. The third-order valence-electron chi connectivity index (χ3n) is 21.2. The molecular weight excluding hydrogens is 1710 g/mol. The first kappa shape index (κ1) is 90.5. The van der Waals surface area contributed by atoms with Gasteiger partial charge in [0.2, 0.25) is 0 Å². The average molecular weight is 1810 g/mol. The number of anilines is 6. The Morgan fingerprint density at radius 3 is 1.10 bits per heavy atom. The molecule has 0 spiro atoms. The molecule has 120 heavy (non-hydrogen) atoms. The monoisotopic (exact) mass is 1800 g/mol. The lowest BCUT2D eigenvalue weighted by atomic mass is 9.76. The highest BCUT2D eigenvalue weighted by Gasteiger charge is 2.44. The van der Waals surface area contributed by atoms with E-state index in [9.17, 15) is 43.9 Å². The van der Waals surface area contributed by atoms with Crippen LogP contribution in [0.3, 0.4) is 0 Å². The Hall–Kier alpha value is -10.2. The van der Waals surface area contributed by atoms with Crippen LogP contribution in [0.25, 0.3) is 85.3 Å². The van der Waals surface area contributed by atoms with Crippen molar-refractivity contribution < 1.29 is 53.4 Å². The van der Waals surface area contributed by atoms with Crippen LogP contribution in [0.4, 0.5) is 45.2 Å². The van der Waals surface area contributed by atoms with Crippen molar-refractivity contribution in [3.63, 3.8) is 0 Å². The number of nitrogens with zero attached hydrogens (tertiary/aromatic N) is 12. The Balaban J connectivity index is 0.000000162. The number of pyridine rings is 3. The van der Waals surface area contributed by atoms with Gasteiger partial charge in [0.15, 0.2) is 30.8 Å². The zero-order chi connectivity index (χ0) is 84.4. The number of carboxylic acid groups (broad SMARTS) is 1. The zero-order valence-electron chi connectivity index (χ0n) is 67.1. The second-order valence-corrected chi connectivity index (χ2v) is 35.7. The predicted molar refractivity (Wildman–Crippen MR) is 489 cm³/mol. The highest BCUT2D eigenvalue weighted by Crippen LogP contribution is 2.47. The fraction of sp³-hybridized carbons (Fsp3) is 0.386. The second-order valence-electron chi connectivity index (χ2n) is 28.3. The van der Waals surface area contributed by atoms with Crippen LogP contribution in [0.5, 0.6) is 0 Å². The molecule has 15 rings (SSSR count). The standard InChI is InChI=1S/C28H32N6O3S2.C26H28N6O3S2.C15H15BN4O3S.C13H19BrN2O2S.CH4/c1-4-28(24(35)37-6-3)10-13-34(14-11-28)27-31-17-22(38-27)18-15-19(20-9-7-8-12-30-20)23-21(16-18)32-26(39-23)33-25(36)29-5-2;1-3-26(22(33)34)8-11-32(12-9-26)25-29-15-20(36-25)16-13-17(18-7-5-6-10-28-18)21-19(14-16)30-24(37-21)31-23(35)27-4-2;1-2-17-14(21)20-15-19-12-8-9(16(22)23)7-10(13(12)24-15)11-5-3-4-6-18-11;1-3-13(11(17)18-4-2)5-7-16(8-6-13)12-15-9-10(14)19-12;/h7-9,12,15-17H,4-6,10-11,13-14H2,1-3H3,(H2,29,32,33,36);5-7,10,13-15H,3-4,8-9,11-12H2,1-2H3,(H,33,34)(H2,27,30,31,35);3-8,22-23H,2H2,1H3,(H2,17,19,20,21);9H,3-8H2,1-2H3;1H4. The molecule has 3 aliphatic rings. The van der Waals surface area contributed by atoms with Crippen LogP contribution >= 0.6 is 84.0 Å². The van der Waals surface area contributed by atoms with Crippen molar-refractivity contribution in [2.75, 3.05) is 103 Å². The van der Waals surface area contributed by atoms with Gasteiger partial charge in [-0.15, -0.1) is 0 Å². The fourth-order valence-electron chi connectivity index (χ4n) is 14.3. The number of carbonyl (C=O) groups is 6. The molecule has 9 aromatic heterocycles. The molecule has 29 nitrogen and oxygen atoms in total. The number of carboxylic acids is 1. The van der Waals surface area contributed by atoms with Gasteiger partial charge >= 0.3 is 43.1 Å². The summed E-state index contributed by atoms with van der Waals surface area (Å²) in [5.41, 5.74) is 8.08. The number of amides is 6. The minimum Gasteiger partial charge on any atom is -0.481 e. The van der Waals surface area contributed by atoms with Crippen LogP contribution in [0.2, 0.25) is 0 Å². The van der Waals surface area contributed by atoms with Gasteiger partial charge in [-0.1, -0.05) is 120 Å². The highest BCUT2D eigenvalue weighted by molar-refractivity contribution is 9.11. The number of nitrogens with one attached hydrogen (secondary N) is 6. The Kier molecular flexibility index (Phi) is 31.6. The maximum atomic E-state index is 12.6. The Morgan fingerprint density at radius 2 is 0.792 bits per heavy atom. The lowest BCUT2D eigenvalue weighted by Gasteiger charge is -2.39. The average Bonchev–Trinajstić information content (AvgIpc) is 1.62. The van der Waals surface area contributed by atoms with E-state index in [1.54, 1.807) is 70.8 Å². The number of rotatable bonds is 23. The molecule has 0 bridgehead atoms. The van der Waals surface area contributed by atoms with E-state index in [2.05, 4.69) is 123 Å². The zero-order valence-corrected chi connectivity index (χ0v) is 73.6. The van der Waals surface area contributed by atoms with Crippen molar-refractivity contribution in [1.29, 1.82) is 0 Å². The first-order valence-corrected chi connectivity index (χ1v) is 45.2. The number of ether oxygens (including phenoxy) is 2. The van der Waals surface area contributed by atoms with E-state index in [1.807, 2.05) is 121 Å². The fourth-order valence-corrected chi connectivity index (χ4v) is 20.3. The molecule has 0 aliphatic carbocycles. The van der Waals surface area contributed by atoms with Gasteiger partial charge in [-0.05, 0) is 192 Å². The smallest absolute Gasteiger partial charge is 0.481 e. The normalized spacial score (nSPS) is 14.5. The summed E-state index contributed by atoms with van der Waals surface area (Å²) >= 11 is 12.4. The molecule has 3 aliphatic heterocycles. The van der Waals surface area contributed by atoms with Crippen molar-refractivity contribution in [2.45, 2.75) is 121 Å². The molecule has 632 valence electrons. The lowest BCUT2D eigenvalue weighted by molar-refractivity contribution is -0.158. The molecule has 0 atom stereocenters. The molecule has 9 N–H and O–H groups in total. The number of aromatic nitrogens is 9. The molecule has 6 amide bonds. The van der Waals surface area contributed by atoms with E-state index in [0.29, 0.717) is 97.3 Å². The van der Waals surface area contributed by atoms with E-state index in [1.165, 1.54) is 34.0 Å². The first-order valence-electron chi connectivity index (χ1n) is 39.5. The van der Waals surface area contributed by atoms with Gasteiger partial charge in [-0.25, -0.2) is 44.3 Å². The SMILES string of the molecule is C.CCNC(=O)Nc1nc2cc(-c3cnc(N4CCC(CC)(C(=O)O)CC4)s3)cc(-c3ccccn3)c2s1.CCNC(=O)Nc1nc2cc(-c3cnc(N4CCC(CC)(C(=O)OCC)CC4)s3)cc(-c3ccccn3)c2s1.CCNC(=O)Nc1nc2cc(B(O)O)cc(-c3ccccn3)c2s1.CCOC(=O)C1(CC)CCN(c2ncc(Br)s2)CC1. The summed E-state index contributed by atoms with van der Waals surface area (Å²) in [4.78, 5) is 122. The first-order chi connectivity index (χ1) is 57.6. The Morgan fingerprint density at radius 1 is 0.450 bits per heavy atom. The molecule has 0 unspecified atom stereocenters. The Labute approximate surface area is 729 Å². The molecule has 3 saturated heterocycles. The number of halogens is 1. The van der Waals surface area contributed by atoms with E-state index in [4.69, 9.17) is 19.4 Å². The number of thiazole rings is 6. The highest BCUT2D eigenvalue weighted by atomic mass is 79.9. The van der Waals surface area contributed by atoms with Gasteiger partial charge in [0.25, 0.3) is 0 Å².